The van der Waals surface area contributed by atoms with Gasteiger partial charge in [-0.2, -0.15) is 4.31 Å². The molecule has 0 saturated heterocycles. The quantitative estimate of drug-likeness (QED) is 0.842. The number of carbonyl (C=O) groups excluding carboxylic acids is 1. The van der Waals surface area contributed by atoms with E-state index in [4.69, 9.17) is 0 Å². The first kappa shape index (κ1) is 16.1. The number of nitrogens with zero attached hydrogens (tertiary/aromatic N) is 1. The second kappa shape index (κ2) is 5.87. The third-order valence-corrected chi connectivity index (χ3v) is 5.80. The van der Waals surface area contributed by atoms with Crippen LogP contribution in [0.15, 0.2) is 29.2 Å². The summed E-state index contributed by atoms with van der Waals surface area (Å²) in [7, 11) is -2.24. The lowest BCUT2D eigenvalue weighted by molar-refractivity contribution is 0.0333. The van der Waals surface area contributed by atoms with E-state index in [9.17, 15) is 18.3 Å². The van der Waals surface area contributed by atoms with Gasteiger partial charge in [0.2, 0.25) is 10.0 Å². The molecule has 0 bridgehead atoms. The minimum absolute atomic E-state index is 0.0827. The zero-order chi connectivity index (χ0) is 15.7. The lowest BCUT2D eigenvalue weighted by atomic mass is 10.0. The molecular weight excluding hydrogens is 290 g/mol. The van der Waals surface area contributed by atoms with E-state index >= 15 is 0 Å². The fourth-order valence-corrected chi connectivity index (χ4v) is 4.04. The van der Waals surface area contributed by atoms with E-state index in [0.29, 0.717) is 18.4 Å². The molecule has 0 amide bonds. The van der Waals surface area contributed by atoms with Gasteiger partial charge in [0, 0.05) is 19.2 Å². The molecule has 0 aromatic heterocycles. The zero-order valence-electron chi connectivity index (χ0n) is 12.4. The summed E-state index contributed by atoms with van der Waals surface area (Å²) in [6.07, 6.45) is 3.09. The van der Waals surface area contributed by atoms with Crippen LogP contribution in [0, 0.1) is 0 Å². The molecule has 0 aliphatic heterocycles. The van der Waals surface area contributed by atoms with Crippen molar-refractivity contribution >= 4 is 15.8 Å². The highest BCUT2D eigenvalue weighted by Crippen LogP contribution is 2.31. The van der Waals surface area contributed by atoms with Gasteiger partial charge in [-0.05, 0) is 31.9 Å². The fraction of sp³-hybridized carbons (Fsp3) is 0.533. The Bertz CT molecular complexity index is 633. The highest BCUT2D eigenvalue weighted by Gasteiger charge is 2.35. The van der Waals surface area contributed by atoms with Crippen LogP contribution in [0.2, 0.25) is 0 Å². The van der Waals surface area contributed by atoms with Crippen LogP contribution in [0.1, 0.15) is 43.0 Å². The highest BCUT2D eigenvalue weighted by atomic mass is 32.2. The van der Waals surface area contributed by atoms with Crippen molar-refractivity contribution in [2.75, 3.05) is 13.6 Å². The Morgan fingerprint density at radius 2 is 1.95 bits per heavy atom. The van der Waals surface area contributed by atoms with Gasteiger partial charge < -0.3 is 5.11 Å². The number of likely N-dealkylation sites (N-methyl/N-ethyl adjacent to an activating group) is 1. The van der Waals surface area contributed by atoms with Crippen molar-refractivity contribution in [3.63, 3.8) is 0 Å². The molecule has 6 heteroatoms. The van der Waals surface area contributed by atoms with Crippen molar-refractivity contribution in [3.8, 4) is 0 Å². The first-order chi connectivity index (χ1) is 9.74. The normalized spacial score (nSPS) is 18.1. The number of aliphatic hydroxyl groups is 1. The Morgan fingerprint density at radius 3 is 2.52 bits per heavy atom. The van der Waals surface area contributed by atoms with Crippen LogP contribution >= 0.6 is 0 Å². The first-order valence-corrected chi connectivity index (χ1v) is 8.48. The van der Waals surface area contributed by atoms with E-state index in [-0.39, 0.29) is 17.2 Å². The average molecular weight is 311 g/mol. The van der Waals surface area contributed by atoms with Gasteiger partial charge >= 0.3 is 0 Å². The lowest BCUT2D eigenvalue weighted by Gasteiger charge is -2.28. The summed E-state index contributed by atoms with van der Waals surface area (Å²) in [6.45, 7) is 1.48. The van der Waals surface area contributed by atoms with Crippen LogP contribution < -0.4 is 0 Å². The standard InChI is InChI=1S/C15H21NO4S/c1-12(17)13-6-5-7-14(10-13)21(19,20)16(2)11-15(18)8-3-4-9-15/h5-7,10,18H,3-4,8-9,11H2,1-2H3. The van der Waals surface area contributed by atoms with Gasteiger partial charge in [-0.3, -0.25) is 4.79 Å². The lowest BCUT2D eigenvalue weighted by Crippen LogP contribution is -2.42. The molecule has 1 fully saturated rings. The van der Waals surface area contributed by atoms with Crippen LogP contribution in [-0.2, 0) is 10.0 Å². The summed E-state index contributed by atoms with van der Waals surface area (Å²) in [5.74, 6) is -0.177. The highest BCUT2D eigenvalue weighted by molar-refractivity contribution is 7.89. The van der Waals surface area contributed by atoms with Crippen LogP contribution in [0.5, 0.6) is 0 Å². The molecular formula is C15H21NO4S. The molecule has 1 N–H and O–H groups in total. The van der Waals surface area contributed by atoms with Gasteiger partial charge in [-0.25, -0.2) is 8.42 Å². The molecule has 1 aromatic rings. The fourth-order valence-electron chi connectivity index (χ4n) is 2.75. The second-order valence-corrected chi connectivity index (χ2v) is 7.82. The van der Waals surface area contributed by atoms with Gasteiger partial charge in [0.05, 0.1) is 10.5 Å². The molecule has 0 atom stereocenters. The van der Waals surface area contributed by atoms with Gasteiger partial charge in [-0.15, -0.1) is 0 Å². The van der Waals surface area contributed by atoms with Crippen molar-refractivity contribution in [1.82, 2.24) is 4.31 Å². The molecule has 1 saturated carbocycles. The van der Waals surface area contributed by atoms with Gasteiger partial charge in [0.15, 0.2) is 5.78 Å². The van der Waals surface area contributed by atoms with E-state index in [1.807, 2.05) is 0 Å². The summed E-state index contributed by atoms with van der Waals surface area (Å²) in [5.41, 5.74) is -0.566. The van der Waals surface area contributed by atoms with E-state index in [2.05, 4.69) is 0 Å². The van der Waals surface area contributed by atoms with E-state index < -0.39 is 15.6 Å². The predicted octanol–water partition coefficient (Wildman–Crippen LogP) is 1.81. The van der Waals surface area contributed by atoms with Gasteiger partial charge in [-0.1, -0.05) is 25.0 Å². The molecule has 116 valence electrons. The van der Waals surface area contributed by atoms with Crippen LogP contribution in [0.25, 0.3) is 0 Å². The van der Waals surface area contributed by atoms with E-state index in [0.717, 1.165) is 12.8 Å². The van der Waals surface area contributed by atoms with Crippen LogP contribution in [0.3, 0.4) is 0 Å². The van der Waals surface area contributed by atoms with E-state index in [1.165, 1.54) is 30.4 Å². The maximum Gasteiger partial charge on any atom is 0.242 e. The van der Waals surface area contributed by atoms with Crippen molar-refractivity contribution in [3.05, 3.63) is 29.8 Å². The molecule has 5 nitrogen and oxygen atoms in total. The summed E-state index contributed by atoms with van der Waals surface area (Å²) in [6, 6.07) is 6.00. The number of carbonyl (C=O) groups is 1. The SMILES string of the molecule is CC(=O)c1cccc(S(=O)(=O)N(C)CC2(O)CCCC2)c1. The zero-order valence-corrected chi connectivity index (χ0v) is 13.2. The summed E-state index contributed by atoms with van der Waals surface area (Å²) in [5, 5.41) is 10.4. The molecule has 0 radical (unpaired) electrons. The maximum absolute atomic E-state index is 12.5. The molecule has 0 heterocycles. The third-order valence-electron chi connectivity index (χ3n) is 4.00. The Balaban J connectivity index is 2.24. The largest absolute Gasteiger partial charge is 0.389 e. The molecule has 1 aromatic carbocycles. The first-order valence-electron chi connectivity index (χ1n) is 7.04. The summed E-state index contributed by atoms with van der Waals surface area (Å²) < 4.78 is 26.3. The molecule has 1 aliphatic carbocycles. The number of benzene rings is 1. The van der Waals surface area contributed by atoms with Crippen LogP contribution in [-0.4, -0.2) is 42.8 Å². The number of hydrogen-bond donors (Lipinski definition) is 1. The average Bonchev–Trinajstić information content (AvgIpc) is 2.85. The van der Waals surface area contributed by atoms with Crippen molar-refractivity contribution in [2.24, 2.45) is 0 Å². The summed E-state index contributed by atoms with van der Waals surface area (Å²) >= 11 is 0. The van der Waals surface area contributed by atoms with Gasteiger partial charge in [0.1, 0.15) is 0 Å². The number of hydrogen-bond acceptors (Lipinski definition) is 4. The van der Waals surface area contributed by atoms with Gasteiger partial charge in [0.25, 0.3) is 0 Å². The molecule has 1 aliphatic rings. The Hall–Kier alpha value is -1.24. The Labute approximate surface area is 125 Å². The van der Waals surface area contributed by atoms with Crippen molar-refractivity contribution in [1.29, 1.82) is 0 Å². The maximum atomic E-state index is 12.5. The number of rotatable bonds is 5. The minimum Gasteiger partial charge on any atom is -0.389 e. The summed E-state index contributed by atoms with van der Waals surface area (Å²) in [4.78, 5) is 11.5. The minimum atomic E-state index is -3.70. The third kappa shape index (κ3) is 3.51. The smallest absolute Gasteiger partial charge is 0.242 e. The molecule has 0 spiro atoms. The Morgan fingerprint density at radius 1 is 1.33 bits per heavy atom. The Kier molecular flexibility index (Phi) is 4.51. The number of sulfonamides is 1. The van der Waals surface area contributed by atoms with Crippen molar-refractivity contribution < 1.29 is 18.3 Å². The number of Topliss-reactive ketones (excluding diaryl/α,β-unsaturated/α-hetero) is 1. The number of ketones is 1. The predicted molar refractivity (Wildman–Crippen MR) is 79.7 cm³/mol. The molecule has 0 unspecified atom stereocenters. The monoisotopic (exact) mass is 311 g/mol. The van der Waals surface area contributed by atoms with Crippen molar-refractivity contribution in [2.45, 2.75) is 43.1 Å². The van der Waals surface area contributed by atoms with Crippen LogP contribution in [0.4, 0.5) is 0 Å². The topological polar surface area (TPSA) is 74.7 Å². The second-order valence-electron chi connectivity index (χ2n) is 5.78. The molecule has 21 heavy (non-hydrogen) atoms. The van der Waals surface area contributed by atoms with E-state index in [1.54, 1.807) is 12.1 Å². The molecule has 2 rings (SSSR count).